The van der Waals surface area contributed by atoms with E-state index in [4.69, 9.17) is 11.6 Å². The first-order chi connectivity index (χ1) is 9.66. The number of benzene rings is 2. The molecule has 0 fully saturated rings. The van der Waals surface area contributed by atoms with Crippen molar-refractivity contribution >= 4 is 28.3 Å². The van der Waals surface area contributed by atoms with E-state index in [1.165, 1.54) is 18.2 Å². The predicted molar refractivity (Wildman–Crippen MR) is 76.6 cm³/mol. The van der Waals surface area contributed by atoms with Crippen LogP contribution in [0.15, 0.2) is 54.7 Å². The molecule has 2 nitrogen and oxygen atoms in total. The van der Waals surface area contributed by atoms with E-state index in [2.05, 4.69) is 4.98 Å². The Morgan fingerprint density at radius 3 is 2.80 bits per heavy atom. The summed E-state index contributed by atoms with van der Waals surface area (Å²) < 4.78 is 13.4. The second-order valence-electron chi connectivity index (χ2n) is 4.34. The van der Waals surface area contributed by atoms with Crippen molar-refractivity contribution < 1.29 is 9.18 Å². The number of rotatable bonds is 2. The molecule has 1 aromatic heterocycles. The molecule has 0 aliphatic rings. The minimum atomic E-state index is -0.597. The number of carbonyl (C=O) groups excluding carboxylic acids is 1. The fourth-order valence-electron chi connectivity index (χ4n) is 2.05. The molecule has 4 heteroatoms. The lowest BCUT2D eigenvalue weighted by atomic mass is 10.0. The average molecular weight is 286 g/mol. The molecule has 98 valence electrons. The van der Waals surface area contributed by atoms with Crippen LogP contribution < -0.4 is 0 Å². The molecule has 0 amide bonds. The summed E-state index contributed by atoms with van der Waals surface area (Å²) in [7, 11) is 0. The molecule has 20 heavy (non-hydrogen) atoms. The van der Waals surface area contributed by atoms with Gasteiger partial charge in [-0.1, -0.05) is 23.7 Å². The Morgan fingerprint density at radius 2 is 1.95 bits per heavy atom. The van der Waals surface area contributed by atoms with E-state index in [0.717, 1.165) is 10.9 Å². The molecule has 3 aromatic rings. The van der Waals surface area contributed by atoms with Crippen LogP contribution in [0.5, 0.6) is 0 Å². The summed E-state index contributed by atoms with van der Waals surface area (Å²) in [5, 5.41) is 0.703. The molecule has 0 spiro atoms. The van der Waals surface area contributed by atoms with Gasteiger partial charge in [0.15, 0.2) is 5.78 Å². The first-order valence-corrected chi connectivity index (χ1v) is 6.38. The molecular weight excluding hydrogens is 277 g/mol. The third-order valence-corrected chi connectivity index (χ3v) is 3.45. The molecule has 0 unspecified atom stereocenters. The number of hydrogen-bond donors (Lipinski definition) is 0. The summed E-state index contributed by atoms with van der Waals surface area (Å²) in [4.78, 5) is 16.6. The van der Waals surface area contributed by atoms with Gasteiger partial charge in [-0.3, -0.25) is 9.78 Å². The van der Waals surface area contributed by atoms with E-state index in [1.54, 1.807) is 30.5 Å². The Kier molecular flexibility index (Phi) is 3.20. The maximum atomic E-state index is 13.4. The van der Waals surface area contributed by atoms with Crippen molar-refractivity contribution in [1.82, 2.24) is 4.98 Å². The number of hydrogen-bond acceptors (Lipinski definition) is 2. The number of ketones is 1. The highest BCUT2D eigenvalue weighted by molar-refractivity contribution is 6.35. The highest BCUT2D eigenvalue weighted by atomic mass is 35.5. The lowest BCUT2D eigenvalue weighted by Gasteiger charge is -2.05. The van der Waals surface area contributed by atoms with E-state index >= 15 is 0 Å². The van der Waals surface area contributed by atoms with Crippen molar-refractivity contribution in [2.45, 2.75) is 0 Å². The SMILES string of the molecule is O=C(c1ccc2ncccc2c1)c1cccc(F)c1Cl. The van der Waals surface area contributed by atoms with Crippen LogP contribution in [0, 0.1) is 5.82 Å². The van der Waals surface area contributed by atoms with Crippen LogP contribution in [0.4, 0.5) is 4.39 Å². The van der Waals surface area contributed by atoms with Gasteiger partial charge in [-0.05, 0) is 36.4 Å². The second-order valence-corrected chi connectivity index (χ2v) is 4.72. The second kappa shape index (κ2) is 5.02. The zero-order valence-electron chi connectivity index (χ0n) is 10.3. The molecule has 2 aromatic carbocycles. The minimum Gasteiger partial charge on any atom is -0.289 e. The summed E-state index contributed by atoms with van der Waals surface area (Å²) in [6, 6.07) is 13.0. The summed E-state index contributed by atoms with van der Waals surface area (Å²) in [5.74, 6) is -0.903. The van der Waals surface area contributed by atoms with Gasteiger partial charge in [0.05, 0.1) is 10.5 Å². The van der Waals surface area contributed by atoms with Crippen molar-refractivity contribution in [3.05, 3.63) is 76.7 Å². The monoisotopic (exact) mass is 285 g/mol. The molecule has 0 aliphatic heterocycles. The Morgan fingerprint density at radius 1 is 1.10 bits per heavy atom. The normalized spacial score (nSPS) is 10.7. The molecule has 0 bridgehead atoms. The maximum Gasteiger partial charge on any atom is 0.194 e. The Balaban J connectivity index is 2.10. The molecule has 3 rings (SSSR count). The number of pyridine rings is 1. The number of halogens is 2. The van der Waals surface area contributed by atoms with Gasteiger partial charge in [0, 0.05) is 22.7 Å². The van der Waals surface area contributed by atoms with Crippen LogP contribution in [0.25, 0.3) is 10.9 Å². The van der Waals surface area contributed by atoms with Gasteiger partial charge in [-0.2, -0.15) is 0 Å². The zero-order valence-corrected chi connectivity index (χ0v) is 11.1. The largest absolute Gasteiger partial charge is 0.289 e. The zero-order chi connectivity index (χ0) is 14.1. The highest BCUT2D eigenvalue weighted by Crippen LogP contribution is 2.23. The van der Waals surface area contributed by atoms with Gasteiger partial charge in [0.1, 0.15) is 5.82 Å². The summed E-state index contributed by atoms with van der Waals surface area (Å²) >= 11 is 5.85. The average Bonchev–Trinajstić information content (AvgIpc) is 2.49. The van der Waals surface area contributed by atoms with E-state index < -0.39 is 5.82 Å². The Bertz CT molecular complexity index is 816. The van der Waals surface area contributed by atoms with E-state index in [1.807, 2.05) is 6.07 Å². The first-order valence-electron chi connectivity index (χ1n) is 6.00. The van der Waals surface area contributed by atoms with Gasteiger partial charge in [-0.25, -0.2) is 4.39 Å². The maximum absolute atomic E-state index is 13.4. The van der Waals surface area contributed by atoms with Gasteiger partial charge >= 0.3 is 0 Å². The van der Waals surface area contributed by atoms with Crippen LogP contribution in [-0.4, -0.2) is 10.8 Å². The lowest BCUT2D eigenvalue weighted by molar-refractivity contribution is 0.103. The molecule has 0 saturated carbocycles. The third kappa shape index (κ3) is 2.17. The third-order valence-electron chi connectivity index (χ3n) is 3.06. The fraction of sp³-hybridized carbons (Fsp3) is 0. The molecule has 0 atom stereocenters. The van der Waals surface area contributed by atoms with Crippen molar-refractivity contribution in [1.29, 1.82) is 0 Å². The van der Waals surface area contributed by atoms with Crippen LogP contribution in [0.1, 0.15) is 15.9 Å². The lowest BCUT2D eigenvalue weighted by Crippen LogP contribution is -2.03. The predicted octanol–water partition coefficient (Wildman–Crippen LogP) is 4.26. The molecule has 1 heterocycles. The Hall–Kier alpha value is -2.26. The molecule has 0 saturated heterocycles. The standard InChI is InChI=1S/C16H9ClFNO/c17-15-12(4-1-5-13(15)18)16(20)11-6-7-14-10(9-11)3-2-8-19-14/h1-9H. The smallest absolute Gasteiger partial charge is 0.194 e. The van der Waals surface area contributed by atoms with Gasteiger partial charge in [0.25, 0.3) is 0 Å². The van der Waals surface area contributed by atoms with E-state index in [0.29, 0.717) is 5.56 Å². The highest BCUT2D eigenvalue weighted by Gasteiger charge is 2.15. The van der Waals surface area contributed by atoms with Crippen LogP contribution >= 0.6 is 11.6 Å². The number of fused-ring (bicyclic) bond motifs is 1. The summed E-state index contributed by atoms with van der Waals surface area (Å²) in [6.45, 7) is 0. The minimum absolute atomic E-state index is 0.149. The molecule has 0 aliphatic carbocycles. The number of nitrogens with zero attached hydrogens (tertiary/aromatic N) is 1. The van der Waals surface area contributed by atoms with Crippen molar-refractivity contribution in [3.8, 4) is 0 Å². The van der Waals surface area contributed by atoms with Gasteiger partial charge in [-0.15, -0.1) is 0 Å². The Labute approximate surface area is 119 Å². The van der Waals surface area contributed by atoms with E-state index in [9.17, 15) is 9.18 Å². The summed E-state index contributed by atoms with van der Waals surface area (Å²) in [5.41, 5.74) is 1.42. The van der Waals surface area contributed by atoms with Crippen molar-refractivity contribution in [2.24, 2.45) is 0 Å². The van der Waals surface area contributed by atoms with Crippen LogP contribution in [0.3, 0.4) is 0 Å². The van der Waals surface area contributed by atoms with Gasteiger partial charge in [0.2, 0.25) is 0 Å². The molecule has 0 N–H and O–H groups in total. The topological polar surface area (TPSA) is 30.0 Å². The first kappa shape index (κ1) is 12.8. The number of carbonyl (C=O) groups is 1. The van der Waals surface area contributed by atoms with E-state index in [-0.39, 0.29) is 16.4 Å². The van der Waals surface area contributed by atoms with Crippen LogP contribution in [-0.2, 0) is 0 Å². The molecule has 0 radical (unpaired) electrons. The van der Waals surface area contributed by atoms with Crippen LogP contribution in [0.2, 0.25) is 5.02 Å². The summed E-state index contributed by atoms with van der Waals surface area (Å²) in [6.07, 6.45) is 1.69. The van der Waals surface area contributed by atoms with Crippen molar-refractivity contribution in [2.75, 3.05) is 0 Å². The quantitative estimate of drug-likeness (QED) is 0.659. The number of aromatic nitrogens is 1. The van der Waals surface area contributed by atoms with Gasteiger partial charge < -0.3 is 0 Å². The fourth-order valence-corrected chi connectivity index (χ4v) is 2.26. The molecular formula is C16H9ClFNO. The van der Waals surface area contributed by atoms with Crippen molar-refractivity contribution in [3.63, 3.8) is 0 Å².